The number of carbonyl (C=O) groups is 7. The Morgan fingerprint density at radius 1 is 0.891 bits per heavy atom. The van der Waals surface area contributed by atoms with Crippen LogP contribution in [0.5, 0.6) is 0 Å². The lowest BCUT2D eigenvalue weighted by molar-refractivity contribution is -0.149. The molecule has 0 aliphatic carbocycles. The third-order valence-corrected chi connectivity index (χ3v) is 7.82. The molecular weight excluding hydrogens is 602 g/mol. The molecule has 1 aromatic rings. The van der Waals surface area contributed by atoms with Gasteiger partial charge in [-0.1, -0.05) is 44.2 Å². The van der Waals surface area contributed by atoms with Crippen molar-refractivity contribution in [3.05, 3.63) is 35.9 Å². The van der Waals surface area contributed by atoms with Crippen molar-refractivity contribution < 1.29 is 48.5 Å². The molecule has 2 saturated heterocycles. The van der Waals surface area contributed by atoms with E-state index in [9.17, 15) is 43.8 Å². The van der Waals surface area contributed by atoms with Crippen molar-refractivity contribution in [2.24, 2.45) is 5.92 Å². The number of amides is 5. The normalized spacial score (nSPS) is 18.3. The van der Waals surface area contributed by atoms with Crippen LogP contribution in [0.4, 0.5) is 4.79 Å². The monoisotopic (exact) mass is 645 g/mol. The van der Waals surface area contributed by atoms with E-state index in [2.05, 4.69) is 16.0 Å². The average Bonchev–Trinajstić information content (AvgIpc) is 3.55. The molecule has 0 unspecified atom stereocenters. The molecule has 0 spiro atoms. The highest BCUT2D eigenvalue weighted by molar-refractivity contribution is 5.98. The summed E-state index contributed by atoms with van der Waals surface area (Å²) < 4.78 is 5.24. The van der Waals surface area contributed by atoms with Crippen LogP contribution in [0.15, 0.2) is 30.3 Å². The van der Waals surface area contributed by atoms with E-state index in [0.717, 1.165) is 23.3 Å². The van der Waals surface area contributed by atoms with Crippen LogP contribution in [0.1, 0.15) is 64.4 Å². The Kier molecular flexibility index (Phi) is 13.3. The van der Waals surface area contributed by atoms with Crippen molar-refractivity contribution in [1.82, 2.24) is 25.8 Å². The lowest BCUT2D eigenvalue weighted by Crippen LogP contribution is -2.61. The Hall–Kier alpha value is -4.69. The van der Waals surface area contributed by atoms with E-state index in [1.807, 2.05) is 6.07 Å². The van der Waals surface area contributed by atoms with Crippen LogP contribution in [-0.4, -0.2) is 105 Å². The SMILES string of the molecule is CC(C)C[C@H](NC(=O)[C@H](CC(=O)O)NC(=O)[C@H](CC(=O)N1CCCC1)N1CCC[C@@H](NC(=O)OCc2ccccc2)C1=O)C(=O)O. The second-order valence-corrected chi connectivity index (χ2v) is 11.9. The zero-order valence-electron chi connectivity index (χ0n) is 26.1. The van der Waals surface area contributed by atoms with E-state index in [1.165, 1.54) is 0 Å². The minimum absolute atomic E-state index is 0.0282. The summed E-state index contributed by atoms with van der Waals surface area (Å²) in [6.07, 6.45) is 0.0947. The zero-order chi connectivity index (χ0) is 33.8. The van der Waals surface area contributed by atoms with Gasteiger partial charge in [0.15, 0.2) is 0 Å². The molecule has 2 aliphatic rings. The quantitative estimate of drug-likeness (QED) is 0.182. The lowest BCUT2D eigenvalue weighted by Gasteiger charge is -2.38. The van der Waals surface area contributed by atoms with E-state index < -0.39 is 78.7 Å². The number of hydrogen-bond acceptors (Lipinski definition) is 8. The van der Waals surface area contributed by atoms with Crippen molar-refractivity contribution >= 4 is 41.7 Å². The Bertz CT molecular complexity index is 1270. The number of benzene rings is 1. The highest BCUT2D eigenvalue weighted by atomic mass is 16.5. The Balaban J connectivity index is 1.78. The molecule has 4 atom stereocenters. The minimum atomic E-state index is -1.69. The van der Waals surface area contributed by atoms with Gasteiger partial charge in [-0.15, -0.1) is 0 Å². The summed E-state index contributed by atoms with van der Waals surface area (Å²) in [6.45, 7) is 4.50. The van der Waals surface area contributed by atoms with Gasteiger partial charge in [0.05, 0.1) is 12.8 Å². The maximum atomic E-state index is 13.7. The van der Waals surface area contributed by atoms with E-state index in [4.69, 9.17) is 4.74 Å². The molecule has 2 heterocycles. The molecule has 0 aromatic heterocycles. The number of aliphatic carboxylic acids is 2. The van der Waals surface area contributed by atoms with Crippen molar-refractivity contribution in [2.75, 3.05) is 19.6 Å². The second kappa shape index (κ2) is 17.1. The molecule has 0 radical (unpaired) electrons. The first-order valence-corrected chi connectivity index (χ1v) is 15.5. The van der Waals surface area contributed by atoms with Gasteiger partial charge in [-0.05, 0) is 43.6 Å². The summed E-state index contributed by atoms with van der Waals surface area (Å²) in [5.74, 6) is -5.89. The van der Waals surface area contributed by atoms with E-state index >= 15 is 0 Å². The van der Waals surface area contributed by atoms with Gasteiger partial charge >= 0.3 is 18.0 Å². The van der Waals surface area contributed by atoms with Gasteiger partial charge in [-0.2, -0.15) is 0 Å². The standard InChI is InChI=1S/C31H43N5O10/c1-19(2)15-23(30(43)44)33-27(40)22(16-26(38)39)32-28(41)24(17-25(37)35-12-6-7-13-35)36-14-8-11-21(29(36)42)34-31(45)46-18-20-9-4-3-5-10-20/h3-5,9-10,19,21-24H,6-8,11-18H2,1-2H3,(H,32,41)(H,33,40)(H,34,45)(H,38,39)(H,43,44)/t21-,22+,23+,24+/m1/s1. The van der Waals surface area contributed by atoms with Crippen LogP contribution in [0.2, 0.25) is 0 Å². The maximum absolute atomic E-state index is 13.7. The van der Waals surface area contributed by atoms with Gasteiger partial charge < -0.3 is 40.7 Å². The van der Waals surface area contributed by atoms with Crippen LogP contribution in [0.25, 0.3) is 0 Å². The highest BCUT2D eigenvalue weighted by Gasteiger charge is 2.41. The average molecular weight is 646 g/mol. The van der Waals surface area contributed by atoms with Gasteiger partial charge in [0.2, 0.25) is 23.6 Å². The molecule has 5 N–H and O–H groups in total. The zero-order valence-corrected chi connectivity index (χ0v) is 26.1. The minimum Gasteiger partial charge on any atom is -0.481 e. The Morgan fingerprint density at radius 3 is 2.15 bits per heavy atom. The summed E-state index contributed by atoms with van der Waals surface area (Å²) >= 11 is 0. The molecule has 0 saturated carbocycles. The summed E-state index contributed by atoms with van der Waals surface area (Å²) in [6, 6.07) is 3.42. The van der Waals surface area contributed by atoms with Crippen LogP contribution >= 0.6 is 0 Å². The van der Waals surface area contributed by atoms with Crippen LogP contribution in [-0.2, 0) is 40.1 Å². The number of hydrogen-bond donors (Lipinski definition) is 5. The van der Waals surface area contributed by atoms with Gasteiger partial charge in [0.25, 0.3) is 0 Å². The Labute approximate surface area is 267 Å². The highest BCUT2D eigenvalue weighted by Crippen LogP contribution is 2.20. The third-order valence-electron chi connectivity index (χ3n) is 7.82. The summed E-state index contributed by atoms with van der Waals surface area (Å²) in [4.78, 5) is 92.2. The summed E-state index contributed by atoms with van der Waals surface area (Å²) in [5.41, 5.74) is 0.741. The van der Waals surface area contributed by atoms with E-state index in [0.29, 0.717) is 19.5 Å². The van der Waals surface area contributed by atoms with Crippen LogP contribution in [0, 0.1) is 5.92 Å². The van der Waals surface area contributed by atoms with Crippen LogP contribution in [0.3, 0.4) is 0 Å². The number of nitrogens with zero attached hydrogens (tertiary/aromatic N) is 2. The fraction of sp³-hybridized carbons (Fsp3) is 0.581. The number of alkyl carbamates (subject to hydrolysis) is 1. The van der Waals surface area contributed by atoms with E-state index in [-0.39, 0.29) is 31.9 Å². The van der Waals surface area contributed by atoms with Gasteiger partial charge in [-0.3, -0.25) is 24.0 Å². The first-order valence-electron chi connectivity index (χ1n) is 15.5. The summed E-state index contributed by atoms with van der Waals surface area (Å²) in [7, 11) is 0. The smallest absolute Gasteiger partial charge is 0.408 e. The molecule has 46 heavy (non-hydrogen) atoms. The van der Waals surface area contributed by atoms with Crippen molar-refractivity contribution in [1.29, 1.82) is 0 Å². The van der Waals surface area contributed by atoms with Gasteiger partial charge in [0, 0.05) is 19.6 Å². The van der Waals surface area contributed by atoms with Gasteiger partial charge in [-0.25, -0.2) is 9.59 Å². The molecular formula is C31H43N5O10. The largest absolute Gasteiger partial charge is 0.481 e. The molecule has 5 amide bonds. The molecule has 2 fully saturated rings. The van der Waals surface area contributed by atoms with E-state index in [1.54, 1.807) is 43.0 Å². The second-order valence-electron chi connectivity index (χ2n) is 11.9. The Morgan fingerprint density at radius 2 is 1.54 bits per heavy atom. The van der Waals surface area contributed by atoms with Crippen molar-refractivity contribution in [3.8, 4) is 0 Å². The number of likely N-dealkylation sites (tertiary alicyclic amines) is 2. The molecule has 0 bridgehead atoms. The number of piperidine rings is 1. The molecule has 252 valence electrons. The van der Waals surface area contributed by atoms with Crippen molar-refractivity contribution in [2.45, 2.75) is 89.6 Å². The number of rotatable bonds is 15. The topological polar surface area (TPSA) is 212 Å². The molecule has 1 aromatic carbocycles. The number of ether oxygens (including phenoxy) is 1. The first-order chi connectivity index (χ1) is 21.8. The predicted molar refractivity (Wildman–Crippen MR) is 162 cm³/mol. The number of nitrogens with one attached hydrogen (secondary N) is 3. The maximum Gasteiger partial charge on any atom is 0.408 e. The predicted octanol–water partition coefficient (Wildman–Crippen LogP) is 0.860. The summed E-state index contributed by atoms with van der Waals surface area (Å²) in [5, 5.41) is 26.2. The molecule has 15 nitrogen and oxygen atoms in total. The number of carboxylic acids is 2. The van der Waals surface area contributed by atoms with Gasteiger partial charge in [0.1, 0.15) is 30.8 Å². The molecule has 2 aliphatic heterocycles. The van der Waals surface area contributed by atoms with Crippen LogP contribution < -0.4 is 16.0 Å². The number of carboxylic acid groups (broad SMARTS) is 2. The third kappa shape index (κ3) is 10.7. The fourth-order valence-electron chi connectivity index (χ4n) is 5.47. The molecule has 15 heteroatoms. The fourth-order valence-corrected chi connectivity index (χ4v) is 5.47. The van der Waals surface area contributed by atoms with Crippen molar-refractivity contribution in [3.63, 3.8) is 0 Å². The first kappa shape index (κ1) is 35.8. The number of carbonyl (C=O) groups excluding carboxylic acids is 5. The lowest BCUT2D eigenvalue weighted by atomic mass is 9.99. The molecule has 3 rings (SSSR count).